The Balaban J connectivity index is 1.22. The molecular weight excluding hydrogens is 673 g/mol. The summed E-state index contributed by atoms with van der Waals surface area (Å²) in [6.45, 7) is 8.86. The Kier molecular flexibility index (Phi) is 8.81. The Morgan fingerprint density at radius 3 is 1.80 bits per heavy atom. The second kappa shape index (κ2) is 14.1. The van der Waals surface area contributed by atoms with E-state index in [-0.39, 0.29) is 6.98 Å². The predicted molar refractivity (Wildman–Crippen MR) is 226 cm³/mol. The van der Waals surface area contributed by atoms with E-state index in [0.29, 0.717) is 18.3 Å². The fourth-order valence-electron chi connectivity index (χ4n) is 8.33. The van der Waals surface area contributed by atoms with Gasteiger partial charge in [0.2, 0.25) is 0 Å². The maximum absolute atomic E-state index is 5.43. The zero-order valence-electron chi connectivity index (χ0n) is 32.0. The van der Waals surface area contributed by atoms with Crippen LogP contribution >= 0.6 is 0 Å². The fourth-order valence-corrected chi connectivity index (χ4v) is 8.33. The summed E-state index contributed by atoms with van der Waals surface area (Å²) in [4.78, 5) is 21.1. The number of benzene rings is 5. The number of para-hydroxylation sites is 2. The van der Waals surface area contributed by atoms with E-state index < -0.39 is 0 Å². The maximum Gasteiger partial charge on any atom is 0.417 e. The molecule has 1 aliphatic heterocycles. The zero-order valence-corrected chi connectivity index (χ0v) is 32.0. The van der Waals surface area contributed by atoms with Crippen molar-refractivity contribution in [2.24, 2.45) is 0 Å². The molecule has 0 unspecified atom stereocenters. The fraction of sp³-hybridized carbons (Fsp3) is 0.170. The molecule has 0 fully saturated rings. The quantitative estimate of drug-likeness (QED) is 0.151. The van der Waals surface area contributed by atoms with Crippen LogP contribution in [0.1, 0.15) is 62.0 Å². The summed E-state index contributed by atoms with van der Waals surface area (Å²) in [5, 5.41) is 0. The van der Waals surface area contributed by atoms with Crippen LogP contribution in [0.3, 0.4) is 0 Å². The van der Waals surface area contributed by atoms with Crippen LogP contribution in [0.5, 0.6) is 0 Å². The van der Waals surface area contributed by atoms with Crippen LogP contribution in [-0.4, -0.2) is 43.0 Å². The molecule has 0 bridgehead atoms. The molecule has 0 saturated heterocycles. The third kappa shape index (κ3) is 6.08. The first-order valence-electron chi connectivity index (χ1n) is 19.2. The van der Waals surface area contributed by atoms with E-state index in [9.17, 15) is 0 Å². The van der Waals surface area contributed by atoms with Gasteiger partial charge in [-0.25, -0.2) is 15.0 Å². The van der Waals surface area contributed by atoms with Gasteiger partial charge in [0.05, 0.1) is 17.1 Å². The van der Waals surface area contributed by atoms with E-state index in [4.69, 9.17) is 9.97 Å². The van der Waals surface area contributed by atoms with Crippen LogP contribution in [-0.2, 0) is 6.42 Å². The van der Waals surface area contributed by atoms with Crippen LogP contribution < -0.4 is 10.3 Å². The second-order valence-electron chi connectivity index (χ2n) is 15.1. The molecule has 8 aromatic rings. The summed E-state index contributed by atoms with van der Waals surface area (Å²) in [5.74, 6) is 3.15. The van der Waals surface area contributed by atoms with Crippen LogP contribution in [0.15, 0.2) is 146 Å². The highest BCUT2D eigenvalue weighted by molar-refractivity contribution is 6.78. The van der Waals surface area contributed by atoms with Gasteiger partial charge in [0.25, 0.3) is 0 Å². The minimum absolute atomic E-state index is 0.166. The van der Waals surface area contributed by atoms with Crippen molar-refractivity contribution in [3.05, 3.63) is 169 Å². The van der Waals surface area contributed by atoms with Crippen LogP contribution in [0, 0.1) is 0 Å². The Morgan fingerprint density at radius 2 is 1.18 bits per heavy atom. The van der Waals surface area contributed by atoms with Crippen molar-refractivity contribution in [3.8, 4) is 51.0 Å². The summed E-state index contributed by atoms with van der Waals surface area (Å²) in [6.07, 6.45) is 8.65. The Labute approximate surface area is 323 Å². The number of nitrogens with zero attached hydrogens (tertiary/aromatic N) is 6. The highest BCUT2D eigenvalue weighted by atomic mass is 15.2. The number of rotatable bonds is 9. The molecule has 0 amide bonds. The summed E-state index contributed by atoms with van der Waals surface area (Å²) >= 11 is 0. The first kappa shape index (κ1) is 34.4. The van der Waals surface area contributed by atoms with Gasteiger partial charge >= 0.3 is 6.98 Å². The molecule has 5 aromatic carbocycles. The highest BCUT2D eigenvalue weighted by Crippen LogP contribution is 2.38. The van der Waals surface area contributed by atoms with Gasteiger partial charge in [-0.15, -0.1) is 0 Å². The van der Waals surface area contributed by atoms with Crippen molar-refractivity contribution in [2.75, 3.05) is 11.9 Å². The van der Waals surface area contributed by atoms with Gasteiger partial charge < -0.3 is 14.3 Å². The molecule has 3 aromatic heterocycles. The molecule has 0 radical (unpaired) electrons. The molecule has 0 saturated carbocycles. The molecule has 8 heteroatoms. The van der Waals surface area contributed by atoms with E-state index in [1.54, 1.807) is 6.20 Å². The lowest BCUT2D eigenvalue weighted by Crippen LogP contribution is -2.55. The van der Waals surface area contributed by atoms with Crippen LogP contribution in [0.4, 0.5) is 5.69 Å². The van der Waals surface area contributed by atoms with E-state index in [1.165, 1.54) is 44.5 Å². The van der Waals surface area contributed by atoms with Crippen molar-refractivity contribution in [1.29, 1.82) is 0 Å². The lowest BCUT2D eigenvalue weighted by molar-refractivity contribution is 0.805. The number of imidazole rings is 3. The first-order chi connectivity index (χ1) is 26.9. The predicted octanol–water partition coefficient (Wildman–Crippen LogP) is 9.99. The standard InChI is InChI=1S/C47H44BN7/c1-31(2)37-21-14-22-38(32(3)4)44(37)54-29-35(52-47(54)45-49-26-27-50-45)28-36-30-55-46(51-36)41-20-12-13-25-42(41)53(5)48(55)43-39(33-16-8-6-9-17-33)23-15-24-40(43)34-18-10-7-11-19-34/h6-27,29-32H,28H2,1-5H3,(H,49,50). The second-order valence-corrected chi connectivity index (χ2v) is 15.1. The molecule has 0 aliphatic carbocycles. The lowest BCUT2D eigenvalue weighted by Gasteiger charge is -2.36. The zero-order chi connectivity index (χ0) is 37.6. The van der Waals surface area contributed by atoms with E-state index in [0.717, 1.165) is 40.1 Å². The number of H-pyrrole nitrogens is 1. The number of fused-ring (bicyclic) bond motifs is 3. The van der Waals surface area contributed by atoms with E-state index in [2.05, 4.69) is 192 Å². The molecule has 0 atom stereocenters. The molecular formula is C47H44BN7. The van der Waals surface area contributed by atoms with Crippen molar-refractivity contribution < 1.29 is 0 Å². The molecule has 9 rings (SSSR count). The Bertz CT molecular complexity index is 2520. The third-order valence-corrected chi connectivity index (χ3v) is 10.9. The SMILES string of the molecule is CC(C)c1cccc(C(C)C)c1-n1cc(Cc2cn3c(n2)-c2ccccc2N(C)B3c2c(-c3ccccc3)cccc2-c2ccccc2)nc1-c1ncc[nH]1. The smallest absolute Gasteiger partial charge is 0.394 e. The van der Waals surface area contributed by atoms with Crippen molar-refractivity contribution >= 4 is 18.1 Å². The van der Waals surface area contributed by atoms with Gasteiger partial charge in [-0.2, -0.15) is 0 Å². The molecule has 0 spiro atoms. The van der Waals surface area contributed by atoms with Crippen molar-refractivity contribution in [1.82, 2.24) is 29.0 Å². The number of aromatic nitrogens is 6. The average molecular weight is 718 g/mol. The monoisotopic (exact) mass is 717 g/mol. The number of aromatic amines is 1. The molecule has 1 aliphatic rings. The van der Waals surface area contributed by atoms with E-state index >= 15 is 0 Å². The minimum atomic E-state index is -0.166. The molecule has 1 N–H and O–H groups in total. The van der Waals surface area contributed by atoms with Gasteiger partial charge in [0.15, 0.2) is 11.6 Å². The number of nitrogens with one attached hydrogen (secondary N) is 1. The van der Waals surface area contributed by atoms with Crippen LogP contribution in [0.2, 0.25) is 0 Å². The summed E-state index contributed by atoms with van der Waals surface area (Å²) < 4.78 is 4.63. The van der Waals surface area contributed by atoms with Crippen LogP contribution in [0.25, 0.3) is 51.0 Å². The summed E-state index contributed by atoms with van der Waals surface area (Å²) in [6, 6.07) is 43.5. The summed E-state index contributed by atoms with van der Waals surface area (Å²) in [5.41, 5.74) is 13.9. The number of hydrogen-bond acceptors (Lipinski definition) is 4. The minimum Gasteiger partial charge on any atom is -0.394 e. The summed E-state index contributed by atoms with van der Waals surface area (Å²) in [7, 11) is 2.21. The van der Waals surface area contributed by atoms with Gasteiger partial charge in [-0.1, -0.05) is 137 Å². The lowest BCUT2D eigenvalue weighted by atomic mass is 9.59. The molecule has 55 heavy (non-hydrogen) atoms. The van der Waals surface area contributed by atoms with Crippen molar-refractivity contribution in [2.45, 2.75) is 46.0 Å². The largest absolute Gasteiger partial charge is 0.417 e. The normalized spacial score (nSPS) is 12.4. The van der Waals surface area contributed by atoms with Crippen molar-refractivity contribution in [3.63, 3.8) is 0 Å². The average Bonchev–Trinajstić information content (AvgIpc) is 3.99. The molecule has 4 heterocycles. The topological polar surface area (TPSA) is 67.6 Å². The molecule has 270 valence electrons. The van der Waals surface area contributed by atoms with E-state index in [1.807, 2.05) is 6.20 Å². The third-order valence-electron chi connectivity index (χ3n) is 10.9. The Morgan fingerprint density at radius 1 is 0.618 bits per heavy atom. The first-order valence-corrected chi connectivity index (χ1v) is 19.2. The number of hydrogen-bond donors (Lipinski definition) is 1. The number of anilines is 1. The molecule has 7 nitrogen and oxygen atoms in total. The van der Waals surface area contributed by atoms with Gasteiger partial charge in [0.1, 0.15) is 5.82 Å². The van der Waals surface area contributed by atoms with Gasteiger partial charge in [0, 0.05) is 42.5 Å². The van der Waals surface area contributed by atoms with Gasteiger partial charge in [-0.05, 0) is 69.9 Å². The highest BCUT2D eigenvalue weighted by Gasteiger charge is 2.39. The van der Waals surface area contributed by atoms with Gasteiger partial charge in [-0.3, -0.25) is 4.57 Å². The maximum atomic E-state index is 5.43. The Hall–Kier alpha value is -6.41.